The predicted octanol–water partition coefficient (Wildman–Crippen LogP) is 4.42. The van der Waals surface area contributed by atoms with Crippen LogP contribution in [0.1, 0.15) is 30.1 Å². The van der Waals surface area contributed by atoms with Gasteiger partial charge >= 0.3 is 0 Å². The van der Waals surface area contributed by atoms with Crippen LogP contribution in [0, 0.1) is 6.92 Å². The molecule has 0 bridgehead atoms. The van der Waals surface area contributed by atoms with Crippen LogP contribution < -0.4 is 5.32 Å². The first-order chi connectivity index (χ1) is 13.8. The standard InChI is InChI=1S/C23H29N5.HI/c1-18-26-21-11-6-7-12-22(21)28(18)15-8-14-25-23(24-2)27-16-13-20(17-27)19-9-4-3-5-10-19;/h3-7,9-12,20H,8,13-17H2,1-2H3,(H,24,25);1H. The normalized spacial score (nSPS) is 16.8. The molecule has 1 unspecified atom stereocenters. The molecule has 1 aliphatic rings. The van der Waals surface area contributed by atoms with Crippen LogP contribution in [-0.4, -0.2) is 47.1 Å². The Morgan fingerprint density at radius 1 is 1.14 bits per heavy atom. The second-order valence-corrected chi connectivity index (χ2v) is 7.47. The van der Waals surface area contributed by atoms with Crippen molar-refractivity contribution in [2.45, 2.75) is 32.2 Å². The summed E-state index contributed by atoms with van der Waals surface area (Å²) in [4.78, 5) is 11.6. The van der Waals surface area contributed by atoms with Gasteiger partial charge in [0.05, 0.1) is 11.0 Å². The van der Waals surface area contributed by atoms with Crippen molar-refractivity contribution in [3.05, 3.63) is 66.0 Å². The number of aromatic nitrogens is 2. The maximum atomic E-state index is 4.65. The highest BCUT2D eigenvalue weighted by atomic mass is 127. The Hall–Kier alpha value is -2.09. The zero-order chi connectivity index (χ0) is 19.3. The van der Waals surface area contributed by atoms with Crippen LogP contribution in [0.4, 0.5) is 0 Å². The van der Waals surface area contributed by atoms with Gasteiger partial charge in [0, 0.05) is 39.1 Å². The Morgan fingerprint density at radius 2 is 1.90 bits per heavy atom. The highest BCUT2D eigenvalue weighted by Gasteiger charge is 2.25. The summed E-state index contributed by atoms with van der Waals surface area (Å²) >= 11 is 0. The van der Waals surface area contributed by atoms with E-state index in [-0.39, 0.29) is 24.0 Å². The maximum Gasteiger partial charge on any atom is 0.193 e. The lowest BCUT2D eigenvalue weighted by Gasteiger charge is -2.22. The number of likely N-dealkylation sites (tertiary alicyclic amines) is 1. The van der Waals surface area contributed by atoms with Crippen molar-refractivity contribution in [3.8, 4) is 0 Å². The van der Waals surface area contributed by atoms with E-state index in [0.29, 0.717) is 5.92 Å². The van der Waals surface area contributed by atoms with Gasteiger partial charge in [-0.25, -0.2) is 4.98 Å². The zero-order valence-electron chi connectivity index (χ0n) is 17.2. The van der Waals surface area contributed by atoms with Crippen molar-refractivity contribution in [2.75, 3.05) is 26.7 Å². The summed E-state index contributed by atoms with van der Waals surface area (Å²) in [5.74, 6) is 2.70. The van der Waals surface area contributed by atoms with Gasteiger partial charge in [-0.15, -0.1) is 24.0 Å². The van der Waals surface area contributed by atoms with E-state index in [1.165, 1.54) is 17.5 Å². The number of imidazole rings is 1. The summed E-state index contributed by atoms with van der Waals surface area (Å²) in [5.41, 5.74) is 3.73. The molecule has 0 amide bonds. The number of benzene rings is 2. The van der Waals surface area contributed by atoms with Gasteiger partial charge in [-0.05, 0) is 37.5 Å². The number of nitrogens with one attached hydrogen (secondary N) is 1. The molecule has 2 heterocycles. The van der Waals surface area contributed by atoms with Crippen molar-refractivity contribution in [3.63, 3.8) is 0 Å². The lowest BCUT2D eigenvalue weighted by atomic mass is 9.99. The quantitative estimate of drug-likeness (QED) is 0.243. The molecular weight excluding hydrogens is 473 g/mol. The van der Waals surface area contributed by atoms with E-state index in [2.05, 4.69) is 80.2 Å². The average molecular weight is 503 g/mol. The first-order valence-electron chi connectivity index (χ1n) is 10.2. The molecule has 154 valence electrons. The van der Waals surface area contributed by atoms with E-state index < -0.39 is 0 Å². The molecular formula is C23H30IN5. The molecule has 2 aromatic carbocycles. The second kappa shape index (κ2) is 10.1. The monoisotopic (exact) mass is 503 g/mol. The van der Waals surface area contributed by atoms with E-state index in [1.54, 1.807) is 0 Å². The molecule has 1 aliphatic heterocycles. The van der Waals surface area contributed by atoms with Crippen molar-refractivity contribution < 1.29 is 0 Å². The molecule has 0 spiro atoms. The first kappa shape index (κ1) is 21.6. The Morgan fingerprint density at radius 3 is 2.69 bits per heavy atom. The smallest absolute Gasteiger partial charge is 0.193 e. The molecule has 4 rings (SSSR count). The van der Waals surface area contributed by atoms with E-state index in [0.717, 1.165) is 49.9 Å². The third-order valence-electron chi connectivity index (χ3n) is 5.66. The summed E-state index contributed by atoms with van der Waals surface area (Å²) in [6.45, 7) is 6.05. The van der Waals surface area contributed by atoms with Gasteiger partial charge in [-0.3, -0.25) is 4.99 Å². The maximum absolute atomic E-state index is 4.65. The average Bonchev–Trinajstić information content (AvgIpc) is 3.33. The molecule has 0 radical (unpaired) electrons. The van der Waals surface area contributed by atoms with Crippen LogP contribution in [0.2, 0.25) is 0 Å². The van der Waals surface area contributed by atoms with Crippen molar-refractivity contribution in [1.29, 1.82) is 0 Å². The van der Waals surface area contributed by atoms with E-state index in [9.17, 15) is 0 Å². The first-order valence-corrected chi connectivity index (χ1v) is 10.2. The van der Waals surface area contributed by atoms with Gasteiger partial charge in [-0.1, -0.05) is 42.5 Å². The largest absolute Gasteiger partial charge is 0.356 e. The molecule has 6 heteroatoms. The lowest BCUT2D eigenvalue weighted by molar-refractivity contribution is 0.482. The molecule has 0 aliphatic carbocycles. The Balaban J connectivity index is 0.00000240. The number of aryl methyl sites for hydroxylation is 2. The number of guanidine groups is 1. The third kappa shape index (κ3) is 4.91. The van der Waals surface area contributed by atoms with Crippen molar-refractivity contribution in [1.82, 2.24) is 19.8 Å². The molecule has 0 saturated carbocycles. The summed E-state index contributed by atoms with van der Waals surface area (Å²) in [6, 6.07) is 19.2. The summed E-state index contributed by atoms with van der Waals surface area (Å²) < 4.78 is 2.31. The Bertz CT molecular complexity index is 950. The highest BCUT2D eigenvalue weighted by Crippen LogP contribution is 2.26. The zero-order valence-corrected chi connectivity index (χ0v) is 19.5. The van der Waals surface area contributed by atoms with Gasteiger partial charge in [0.1, 0.15) is 5.82 Å². The summed E-state index contributed by atoms with van der Waals surface area (Å²) in [5, 5.41) is 3.56. The van der Waals surface area contributed by atoms with E-state index in [4.69, 9.17) is 0 Å². The fourth-order valence-corrected chi connectivity index (χ4v) is 4.20. The van der Waals surface area contributed by atoms with Crippen molar-refractivity contribution in [2.24, 2.45) is 4.99 Å². The van der Waals surface area contributed by atoms with Crippen LogP contribution in [-0.2, 0) is 6.54 Å². The van der Waals surface area contributed by atoms with Gasteiger partial charge in [-0.2, -0.15) is 0 Å². The highest BCUT2D eigenvalue weighted by molar-refractivity contribution is 14.0. The fraction of sp³-hybridized carbons (Fsp3) is 0.391. The third-order valence-corrected chi connectivity index (χ3v) is 5.66. The minimum atomic E-state index is 0. The van der Waals surface area contributed by atoms with Crippen LogP contribution in [0.5, 0.6) is 0 Å². The van der Waals surface area contributed by atoms with Gasteiger partial charge in [0.15, 0.2) is 5.96 Å². The summed E-state index contributed by atoms with van der Waals surface area (Å²) in [7, 11) is 1.88. The number of nitrogens with zero attached hydrogens (tertiary/aromatic N) is 4. The molecule has 1 atom stereocenters. The Labute approximate surface area is 190 Å². The van der Waals surface area contributed by atoms with Crippen LogP contribution in [0.15, 0.2) is 59.6 Å². The van der Waals surface area contributed by atoms with Crippen LogP contribution >= 0.6 is 24.0 Å². The molecule has 1 fully saturated rings. The van der Waals surface area contributed by atoms with Crippen molar-refractivity contribution >= 4 is 41.0 Å². The lowest BCUT2D eigenvalue weighted by Crippen LogP contribution is -2.40. The number of hydrogen-bond acceptors (Lipinski definition) is 2. The minimum absolute atomic E-state index is 0. The molecule has 3 aromatic rings. The van der Waals surface area contributed by atoms with Crippen LogP contribution in [0.25, 0.3) is 11.0 Å². The molecule has 1 saturated heterocycles. The number of halogens is 1. The Kier molecular flexibility index (Phi) is 7.52. The summed E-state index contributed by atoms with van der Waals surface area (Å²) in [6.07, 6.45) is 2.22. The van der Waals surface area contributed by atoms with Crippen LogP contribution in [0.3, 0.4) is 0 Å². The van der Waals surface area contributed by atoms with Gasteiger partial charge < -0.3 is 14.8 Å². The molecule has 1 aromatic heterocycles. The van der Waals surface area contributed by atoms with Gasteiger partial charge in [0.25, 0.3) is 0 Å². The number of fused-ring (bicyclic) bond motifs is 1. The fourth-order valence-electron chi connectivity index (χ4n) is 4.20. The second-order valence-electron chi connectivity index (χ2n) is 7.47. The van der Waals surface area contributed by atoms with Gasteiger partial charge in [0.2, 0.25) is 0 Å². The number of aliphatic imine (C=N–C) groups is 1. The SMILES string of the molecule is CN=C(NCCCn1c(C)nc2ccccc21)N1CCC(c2ccccc2)C1.I. The predicted molar refractivity (Wildman–Crippen MR) is 131 cm³/mol. The molecule has 1 N–H and O–H groups in total. The molecule has 29 heavy (non-hydrogen) atoms. The van der Waals surface area contributed by atoms with E-state index in [1.807, 2.05) is 13.1 Å². The molecule has 5 nitrogen and oxygen atoms in total. The van der Waals surface area contributed by atoms with E-state index >= 15 is 0 Å². The number of hydrogen-bond donors (Lipinski definition) is 1. The minimum Gasteiger partial charge on any atom is -0.356 e. The topological polar surface area (TPSA) is 45.5 Å². The number of rotatable bonds is 5. The number of para-hydroxylation sites is 2.